The van der Waals surface area contributed by atoms with Gasteiger partial charge in [-0.2, -0.15) is 4.31 Å². The first-order valence-electron chi connectivity index (χ1n) is 10.0. The Morgan fingerprint density at radius 1 is 1.16 bits per heavy atom. The van der Waals surface area contributed by atoms with E-state index in [9.17, 15) is 13.2 Å². The van der Waals surface area contributed by atoms with Gasteiger partial charge < -0.3 is 14.8 Å². The average Bonchev–Trinajstić information content (AvgIpc) is 2.79. The van der Waals surface area contributed by atoms with E-state index in [1.54, 1.807) is 7.11 Å². The van der Waals surface area contributed by atoms with Crippen molar-refractivity contribution in [3.05, 3.63) is 53.1 Å². The van der Waals surface area contributed by atoms with Gasteiger partial charge in [-0.05, 0) is 55.7 Å². The molecule has 0 spiro atoms. The van der Waals surface area contributed by atoms with Crippen molar-refractivity contribution in [2.75, 3.05) is 27.3 Å². The Balaban J connectivity index is 1.68. The molecule has 0 aromatic heterocycles. The van der Waals surface area contributed by atoms with Crippen molar-refractivity contribution in [2.24, 2.45) is 5.92 Å². The molecule has 0 bridgehead atoms. The van der Waals surface area contributed by atoms with E-state index in [2.05, 4.69) is 5.32 Å². The van der Waals surface area contributed by atoms with Crippen LogP contribution in [0.1, 0.15) is 31.4 Å². The summed E-state index contributed by atoms with van der Waals surface area (Å²) >= 11 is 6.11. The van der Waals surface area contributed by atoms with E-state index < -0.39 is 15.9 Å². The molecule has 2 atom stereocenters. The van der Waals surface area contributed by atoms with Crippen LogP contribution in [0.25, 0.3) is 0 Å². The first-order chi connectivity index (χ1) is 14.8. The van der Waals surface area contributed by atoms with E-state index in [1.807, 2.05) is 31.2 Å². The molecule has 2 aromatic carbocycles. The van der Waals surface area contributed by atoms with E-state index in [0.29, 0.717) is 25.1 Å². The third-order valence-corrected chi connectivity index (χ3v) is 7.65. The molecular weight excluding hydrogens is 440 g/mol. The Morgan fingerprint density at radius 2 is 1.87 bits per heavy atom. The highest BCUT2D eigenvalue weighted by molar-refractivity contribution is 7.89. The van der Waals surface area contributed by atoms with Gasteiger partial charge in [0, 0.05) is 13.1 Å². The number of nitrogens with zero attached hydrogens (tertiary/aromatic N) is 1. The Morgan fingerprint density at radius 3 is 2.48 bits per heavy atom. The van der Waals surface area contributed by atoms with Gasteiger partial charge in [-0.1, -0.05) is 23.7 Å². The summed E-state index contributed by atoms with van der Waals surface area (Å²) in [6, 6.07) is 11.6. The lowest BCUT2D eigenvalue weighted by atomic mass is 9.98. The van der Waals surface area contributed by atoms with Crippen LogP contribution in [0.15, 0.2) is 47.4 Å². The Labute approximate surface area is 188 Å². The first kappa shape index (κ1) is 23.4. The Kier molecular flexibility index (Phi) is 7.46. The Hall–Kier alpha value is -2.29. The van der Waals surface area contributed by atoms with Crippen LogP contribution in [-0.2, 0) is 14.8 Å². The van der Waals surface area contributed by atoms with Crippen molar-refractivity contribution in [1.82, 2.24) is 9.62 Å². The molecule has 2 aromatic rings. The number of halogens is 1. The summed E-state index contributed by atoms with van der Waals surface area (Å²) in [6.07, 6.45) is 1.24. The lowest BCUT2D eigenvalue weighted by Gasteiger charge is -2.32. The fraction of sp³-hybridized carbons (Fsp3) is 0.409. The fourth-order valence-corrected chi connectivity index (χ4v) is 5.51. The van der Waals surface area contributed by atoms with Gasteiger partial charge in [-0.25, -0.2) is 8.42 Å². The molecule has 0 aliphatic carbocycles. The molecule has 7 nitrogen and oxygen atoms in total. The smallest absolute Gasteiger partial charge is 0.243 e. The number of sulfonamides is 1. The van der Waals surface area contributed by atoms with Gasteiger partial charge in [0.25, 0.3) is 0 Å². The molecular formula is C22H27ClN2O5S. The second-order valence-electron chi connectivity index (χ2n) is 7.50. The maximum atomic E-state index is 13.1. The number of methoxy groups -OCH3 is 2. The highest BCUT2D eigenvalue weighted by Crippen LogP contribution is 2.30. The van der Waals surface area contributed by atoms with Gasteiger partial charge in [-0.3, -0.25) is 4.79 Å². The first-order valence-corrected chi connectivity index (χ1v) is 11.9. The van der Waals surface area contributed by atoms with E-state index in [-0.39, 0.29) is 28.4 Å². The van der Waals surface area contributed by atoms with Crippen molar-refractivity contribution >= 4 is 27.5 Å². The minimum atomic E-state index is -3.76. The Bertz CT molecular complexity index is 1030. The summed E-state index contributed by atoms with van der Waals surface area (Å²) < 4.78 is 37.8. The van der Waals surface area contributed by atoms with E-state index in [1.165, 1.54) is 29.6 Å². The lowest BCUT2D eigenvalue weighted by molar-refractivity contribution is -0.126. The zero-order valence-corrected chi connectivity index (χ0v) is 19.4. The van der Waals surface area contributed by atoms with Crippen molar-refractivity contribution in [3.63, 3.8) is 0 Å². The quantitative estimate of drug-likeness (QED) is 0.673. The fourth-order valence-electron chi connectivity index (χ4n) is 3.64. The molecule has 1 aliphatic rings. The second kappa shape index (κ2) is 9.89. The van der Waals surface area contributed by atoms with Crippen LogP contribution in [0.3, 0.4) is 0 Å². The van der Waals surface area contributed by atoms with Crippen LogP contribution in [0.5, 0.6) is 11.5 Å². The molecule has 0 unspecified atom stereocenters. The molecule has 1 N–H and O–H groups in total. The van der Waals surface area contributed by atoms with Gasteiger partial charge in [0.15, 0.2) is 0 Å². The predicted octanol–water partition coefficient (Wildman–Crippen LogP) is 3.64. The number of hydrogen-bond donors (Lipinski definition) is 1. The summed E-state index contributed by atoms with van der Waals surface area (Å²) in [5, 5.41) is 3.23. The molecule has 31 heavy (non-hydrogen) atoms. The largest absolute Gasteiger partial charge is 0.497 e. The minimum Gasteiger partial charge on any atom is -0.497 e. The van der Waals surface area contributed by atoms with Gasteiger partial charge in [0.05, 0.1) is 36.1 Å². The molecule has 9 heteroatoms. The summed E-state index contributed by atoms with van der Waals surface area (Å²) in [5.74, 6) is 0.576. The second-order valence-corrected chi connectivity index (χ2v) is 9.85. The number of ether oxygens (including phenoxy) is 2. The van der Waals surface area contributed by atoms with Crippen LogP contribution in [0, 0.1) is 5.92 Å². The van der Waals surface area contributed by atoms with Crippen LogP contribution in [0.4, 0.5) is 0 Å². The van der Waals surface area contributed by atoms with Gasteiger partial charge in [-0.15, -0.1) is 0 Å². The summed E-state index contributed by atoms with van der Waals surface area (Å²) in [5.41, 5.74) is 0.947. The summed E-state index contributed by atoms with van der Waals surface area (Å²) in [4.78, 5) is 12.9. The van der Waals surface area contributed by atoms with Crippen LogP contribution in [0.2, 0.25) is 5.02 Å². The van der Waals surface area contributed by atoms with Crippen LogP contribution < -0.4 is 14.8 Å². The molecule has 1 amide bonds. The third kappa shape index (κ3) is 5.31. The zero-order valence-electron chi connectivity index (χ0n) is 17.8. The highest BCUT2D eigenvalue weighted by Gasteiger charge is 2.34. The van der Waals surface area contributed by atoms with E-state index in [4.69, 9.17) is 21.1 Å². The lowest BCUT2D eigenvalue weighted by Crippen LogP contribution is -2.45. The maximum absolute atomic E-state index is 13.1. The molecule has 1 saturated heterocycles. The molecule has 3 rings (SSSR count). The number of nitrogens with one attached hydrogen (secondary N) is 1. The zero-order chi connectivity index (χ0) is 22.6. The number of benzene rings is 2. The number of rotatable bonds is 7. The van der Waals surface area contributed by atoms with Gasteiger partial charge in [0.2, 0.25) is 15.9 Å². The number of piperidine rings is 1. The van der Waals surface area contributed by atoms with Crippen molar-refractivity contribution in [2.45, 2.75) is 30.7 Å². The monoisotopic (exact) mass is 466 g/mol. The van der Waals surface area contributed by atoms with Gasteiger partial charge >= 0.3 is 0 Å². The van der Waals surface area contributed by atoms with E-state index in [0.717, 1.165) is 11.3 Å². The molecule has 168 valence electrons. The molecule has 1 heterocycles. The highest BCUT2D eigenvalue weighted by atomic mass is 35.5. The normalized spacial score (nSPS) is 18.3. The topological polar surface area (TPSA) is 84.9 Å². The number of carbonyl (C=O) groups is 1. The SMILES string of the molecule is COc1ccc([C@H](C)NC(=O)[C@H]2CCCN(S(=O)(=O)c3ccc(OC)c(Cl)c3)C2)cc1. The molecule has 0 saturated carbocycles. The summed E-state index contributed by atoms with van der Waals surface area (Å²) in [6.45, 7) is 2.40. The maximum Gasteiger partial charge on any atom is 0.243 e. The number of amides is 1. The van der Waals surface area contributed by atoms with Crippen LogP contribution >= 0.6 is 11.6 Å². The van der Waals surface area contributed by atoms with Crippen LogP contribution in [-0.4, -0.2) is 45.9 Å². The third-order valence-electron chi connectivity index (χ3n) is 5.49. The molecule has 1 fully saturated rings. The van der Waals surface area contributed by atoms with Gasteiger partial charge in [0.1, 0.15) is 11.5 Å². The number of carbonyl (C=O) groups excluding carboxylic acids is 1. The minimum absolute atomic E-state index is 0.0889. The van der Waals surface area contributed by atoms with Crippen molar-refractivity contribution in [3.8, 4) is 11.5 Å². The van der Waals surface area contributed by atoms with Crippen molar-refractivity contribution < 1.29 is 22.7 Å². The molecule has 0 radical (unpaired) electrons. The standard InChI is InChI=1S/C22H27ClN2O5S/c1-15(16-6-8-18(29-2)9-7-16)24-22(26)17-5-4-12-25(14-17)31(27,28)19-10-11-21(30-3)20(23)13-19/h6-11,13,15,17H,4-5,12,14H2,1-3H3,(H,24,26)/t15-,17-/m0/s1. The van der Waals surface area contributed by atoms with E-state index >= 15 is 0 Å². The summed E-state index contributed by atoms with van der Waals surface area (Å²) in [7, 11) is -0.696. The average molecular weight is 467 g/mol. The van der Waals surface area contributed by atoms with Crippen molar-refractivity contribution in [1.29, 1.82) is 0 Å². The number of hydrogen-bond acceptors (Lipinski definition) is 5. The molecule has 1 aliphatic heterocycles. The predicted molar refractivity (Wildman–Crippen MR) is 119 cm³/mol.